The molecule has 6 nitrogen and oxygen atoms in total. The van der Waals surface area contributed by atoms with Crippen LogP contribution in [0.1, 0.15) is 34.3 Å². The molecular weight excluding hydrogens is 404 g/mol. The molecule has 0 radical (unpaired) electrons. The number of carbonyl (C=O) groups is 2. The van der Waals surface area contributed by atoms with Crippen molar-refractivity contribution in [3.63, 3.8) is 0 Å². The topological polar surface area (TPSA) is 67.9 Å². The number of carbonyl (C=O) groups excluding carboxylic acids is 2. The van der Waals surface area contributed by atoms with Crippen LogP contribution in [-0.4, -0.2) is 49.6 Å². The molecule has 1 aliphatic rings. The first-order valence-electron chi connectivity index (χ1n) is 9.99. The van der Waals surface area contributed by atoms with Gasteiger partial charge in [0, 0.05) is 29.7 Å². The van der Waals surface area contributed by atoms with Crippen LogP contribution < -0.4 is 14.8 Å². The molecule has 160 valence electrons. The van der Waals surface area contributed by atoms with Crippen molar-refractivity contribution in [3.05, 3.63) is 58.1 Å². The summed E-state index contributed by atoms with van der Waals surface area (Å²) in [4.78, 5) is 26.8. The number of hydrogen-bond acceptors (Lipinski definition) is 4. The van der Waals surface area contributed by atoms with Gasteiger partial charge in [-0.2, -0.15) is 0 Å². The standard InChI is InChI=1S/C23H27ClN2O4/c1-15-11-20(12-16(2)22(15)24)30-14-21(27)25-18-7-9-26(10-8-18)23(28)17-5-4-6-19(13-17)29-3/h4-6,11-13,18H,7-10,14H2,1-3H3,(H,25,27). The van der Waals surface area contributed by atoms with Crippen LogP contribution in [0.3, 0.4) is 0 Å². The van der Waals surface area contributed by atoms with Crippen molar-refractivity contribution in [1.82, 2.24) is 10.2 Å². The minimum absolute atomic E-state index is 0.0181. The minimum Gasteiger partial charge on any atom is -0.497 e. The summed E-state index contributed by atoms with van der Waals surface area (Å²) >= 11 is 6.16. The zero-order chi connectivity index (χ0) is 21.7. The van der Waals surface area contributed by atoms with E-state index in [4.69, 9.17) is 21.1 Å². The fraction of sp³-hybridized carbons (Fsp3) is 0.391. The highest BCUT2D eigenvalue weighted by molar-refractivity contribution is 6.32. The predicted molar refractivity (Wildman–Crippen MR) is 116 cm³/mol. The van der Waals surface area contributed by atoms with Crippen LogP contribution in [0.5, 0.6) is 11.5 Å². The van der Waals surface area contributed by atoms with Gasteiger partial charge in [0.25, 0.3) is 11.8 Å². The van der Waals surface area contributed by atoms with E-state index in [0.717, 1.165) is 11.1 Å². The number of aryl methyl sites for hydroxylation is 2. The molecule has 3 rings (SSSR count). The van der Waals surface area contributed by atoms with E-state index in [-0.39, 0.29) is 24.5 Å². The monoisotopic (exact) mass is 430 g/mol. The van der Waals surface area contributed by atoms with E-state index in [1.807, 2.05) is 43.0 Å². The summed E-state index contributed by atoms with van der Waals surface area (Å²) in [6, 6.07) is 10.8. The molecule has 1 heterocycles. The summed E-state index contributed by atoms with van der Waals surface area (Å²) in [7, 11) is 1.58. The average Bonchev–Trinajstić information content (AvgIpc) is 2.76. The van der Waals surface area contributed by atoms with Gasteiger partial charge in [0.05, 0.1) is 7.11 Å². The third-order valence-corrected chi connectivity index (χ3v) is 5.84. The summed E-state index contributed by atoms with van der Waals surface area (Å²) in [6.45, 7) is 4.95. The van der Waals surface area contributed by atoms with Crippen LogP contribution in [0.4, 0.5) is 0 Å². The maximum Gasteiger partial charge on any atom is 0.258 e. The van der Waals surface area contributed by atoms with Gasteiger partial charge in [0.1, 0.15) is 11.5 Å². The van der Waals surface area contributed by atoms with Crippen molar-refractivity contribution < 1.29 is 19.1 Å². The van der Waals surface area contributed by atoms with Crippen molar-refractivity contribution in [2.75, 3.05) is 26.8 Å². The van der Waals surface area contributed by atoms with Gasteiger partial charge in [0.15, 0.2) is 6.61 Å². The number of rotatable bonds is 6. The van der Waals surface area contributed by atoms with Gasteiger partial charge in [-0.15, -0.1) is 0 Å². The van der Waals surface area contributed by atoms with E-state index in [0.29, 0.717) is 48.0 Å². The second kappa shape index (κ2) is 9.85. The Labute approximate surface area is 182 Å². The number of hydrogen-bond donors (Lipinski definition) is 1. The molecule has 0 aliphatic carbocycles. The fourth-order valence-electron chi connectivity index (χ4n) is 3.57. The number of ether oxygens (including phenoxy) is 2. The molecule has 7 heteroatoms. The first-order chi connectivity index (χ1) is 14.4. The lowest BCUT2D eigenvalue weighted by Gasteiger charge is -2.32. The first kappa shape index (κ1) is 22.0. The van der Waals surface area contributed by atoms with Gasteiger partial charge in [-0.25, -0.2) is 0 Å². The van der Waals surface area contributed by atoms with E-state index in [1.54, 1.807) is 19.2 Å². The summed E-state index contributed by atoms with van der Waals surface area (Å²) in [5.41, 5.74) is 2.44. The van der Waals surface area contributed by atoms with E-state index in [1.165, 1.54) is 0 Å². The maximum atomic E-state index is 12.7. The van der Waals surface area contributed by atoms with Crippen LogP contribution in [0, 0.1) is 13.8 Å². The summed E-state index contributed by atoms with van der Waals surface area (Å²) in [6.07, 6.45) is 1.42. The van der Waals surface area contributed by atoms with E-state index < -0.39 is 0 Å². The van der Waals surface area contributed by atoms with Crippen molar-refractivity contribution in [3.8, 4) is 11.5 Å². The van der Waals surface area contributed by atoms with Crippen LogP contribution in [0.25, 0.3) is 0 Å². The first-order valence-corrected chi connectivity index (χ1v) is 10.4. The molecule has 0 unspecified atom stereocenters. The van der Waals surface area contributed by atoms with Crippen LogP contribution in [-0.2, 0) is 4.79 Å². The molecule has 0 saturated carbocycles. The number of benzene rings is 2. The predicted octanol–water partition coefficient (Wildman–Crippen LogP) is 3.77. The number of methoxy groups -OCH3 is 1. The number of nitrogens with one attached hydrogen (secondary N) is 1. The van der Waals surface area contributed by atoms with Gasteiger partial charge in [-0.05, 0) is 68.1 Å². The smallest absolute Gasteiger partial charge is 0.258 e. The molecule has 1 fully saturated rings. The molecule has 2 amide bonds. The van der Waals surface area contributed by atoms with Crippen molar-refractivity contribution in [2.24, 2.45) is 0 Å². The largest absolute Gasteiger partial charge is 0.497 e. The number of halogens is 1. The highest BCUT2D eigenvalue weighted by atomic mass is 35.5. The third-order valence-electron chi connectivity index (χ3n) is 5.24. The van der Waals surface area contributed by atoms with Crippen LogP contribution in [0.15, 0.2) is 36.4 Å². The Bertz CT molecular complexity index is 900. The second-order valence-corrected chi connectivity index (χ2v) is 7.90. The molecule has 0 bridgehead atoms. The normalized spacial score (nSPS) is 14.3. The van der Waals surface area contributed by atoms with Gasteiger partial charge in [0.2, 0.25) is 0 Å². The highest BCUT2D eigenvalue weighted by Gasteiger charge is 2.25. The Kier molecular flexibility index (Phi) is 7.21. The van der Waals surface area contributed by atoms with E-state index in [2.05, 4.69) is 5.32 Å². The molecule has 1 aliphatic heterocycles. The zero-order valence-electron chi connectivity index (χ0n) is 17.5. The summed E-state index contributed by atoms with van der Waals surface area (Å²) in [5, 5.41) is 3.71. The Morgan fingerprint density at radius 1 is 1.10 bits per heavy atom. The van der Waals surface area contributed by atoms with Gasteiger partial charge < -0.3 is 19.7 Å². The van der Waals surface area contributed by atoms with Gasteiger partial charge in [-0.1, -0.05) is 17.7 Å². The summed E-state index contributed by atoms with van der Waals surface area (Å²) in [5.74, 6) is 1.10. The molecular formula is C23H27ClN2O4. The molecule has 30 heavy (non-hydrogen) atoms. The van der Waals surface area contributed by atoms with Gasteiger partial charge in [-0.3, -0.25) is 9.59 Å². The van der Waals surface area contributed by atoms with E-state index in [9.17, 15) is 9.59 Å². The molecule has 2 aromatic carbocycles. The minimum atomic E-state index is -0.169. The Morgan fingerprint density at radius 3 is 2.40 bits per heavy atom. The number of likely N-dealkylation sites (tertiary alicyclic amines) is 1. The maximum absolute atomic E-state index is 12.7. The van der Waals surface area contributed by atoms with Gasteiger partial charge >= 0.3 is 0 Å². The third kappa shape index (κ3) is 5.45. The molecule has 0 aromatic heterocycles. The lowest BCUT2D eigenvalue weighted by molar-refractivity contribution is -0.124. The Morgan fingerprint density at radius 2 is 1.77 bits per heavy atom. The van der Waals surface area contributed by atoms with Crippen molar-refractivity contribution in [2.45, 2.75) is 32.7 Å². The molecule has 2 aromatic rings. The lowest BCUT2D eigenvalue weighted by Crippen LogP contribution is -2.47. The molecule has 0 spiro atoms. The number of nitrogens with zero attached hydrogens (tertiary/aromatic N) is 1. The number of piperidine rings is 1. The molecule has 0 atom stereocenters. The molecule has 1 N–H and O–H groups in total. The van der Waals surface area contributed by atoms with E-state index >= 15 is 0 Å². The Hall–Kier alpha value is -2.73. The lowest BCUT2D eigenvalue weighted by atomic mass is 10.0. The second-order valence-electron chi connectivity index (χ2n) is 7.53. The average molecular weight is 431 g/mol. The van der Waals surface area contributed by atoms with Crippen molar-refractivity contribution in [1.29, 1.82) is 0 Å². The number of amides is 2. The van der Waals surface area contributed by atoms with Crippen molar-refractivity contribution >= 4 is 23.4 Å². The highest BCUT2D eigenvalue weighted by Crippen LogP contribution is 2.25. The van der Waals surface area contributed by atoms with Crippen LogP contribution >= 0.6 is 11.6 Å². The summed E-state index contributed by atoms with van der Waals surface area (Å²) < 4.78 is 10.8. The SMILES string of the molecule is COc1cccc(C(=O)N2CCC(NC(=O)COc3cc(C)c(Cl)c(C)c3)CC2)c1. The quantitative estimate of drug-likeness (QED) is 0.757. The zero-order valence-corrected chi connectivity index (χ0v) is 18.3. The molecule has 1 saturated heterocycles. The fourth-order valence-corrected chi connectivity index (χ4v) is 3.68. The Balaban J connectivity index is 1.46. The van der Waals surface area contributed by atoms with Crippen LogP contribution in [0.2, 0.25) is 5.02 Å².